The molecule has 0 saturated carbocycles. The van der Waals surface area contributed by atoms with Crippen LogP contribution in [0.25, 0.3) is 0 Å². The van der Waals surface area contributed by atoms with Crippen LogP contribution in [0.3, 0.4) is 0 Å². The number of carbonyl (C=O) groups excluding carboxylic acids is 3. The number of nitrogens with zero attached hydrogens (tertiary/aromatic N) is 1. The van der Waals surface area contributed by atoms with E-state index in [-0.39, 0.29) is 25.0 Å². The molecule has 0 saturated heterocycles. The number of benzene rings is 1. The number of anilines is 2. The van der Waals surface area contributed by atoms with E-state index in [9.17, 15) is 14.4 Å². The van der Waals surface area contributed by atoms with Gasteiger partial charge in [-0.15, -0.1) is 11.3 Å². The minimum atomic E-state index is -0.572. The summed E-state index contributed by atoms with van der Waals surface area (Å²) in [5.74, 6) is -0.299. The molecule has 8 heteroatoms. The Morgan fingerprint density at radius 3 is 2.68 bits per heavy atom. The maximum Gasteiger partial charge on any atom is 0.341 e. The largest absolute Gasteiger partial charge is 0.462 e. The lowest BCUT2D eigenvalue weighted by molar-refractivity contribution is -0.122. The molecule has 1 heterocycles. The molecule has 0 bridgehead atoms. The Morgan fingerprint density at radius 2 is 1.97 bits per heavy atom. The lowest BCUT2D eigenvalue weighted by atomic mass is 9.88. The van der Waals surface area contributed by atoms with Crippen LogP contribution in [0.15, 0.2) is 18.2 Å². The summed E-state index contributed by atoms with van der Waals surface area (Å²) >= 11 is 1.47. The molecular formula is C26H35N3O4S. The first kappa shape index (κ1) is 25.9. The maximum absolute atomic E-state index is 13.1. The van der Waals surface area contributed by atoms with Crippen molar-refractivity contribution in [3.05, 3.63) is 45.3 Å². The quantitative estimate of drug-likeness (QED) is 0.535. The lowest BCUT2D eigenvalue weighted by Gasteiger charge is -2.23. The van der Waals surface area contributed by atoms with Crippen LogP contribution in [0.2, 0.25) is 0 Å². The van der Waals surface area contributed by atoms with Crippen LogP contribution >= 0.6 is 11.3 Å². The number of hydrogen-bond donors (Lipinski definition) is 2. The topological polar surface area (TPSA) is 87.7 Å². The van der Waals surface area contributed by atoms with Gasteiger partial charge in [0.1, 0.15) is 5.00 Å². The summed E-state index contributed by atoms with van der Waals surface area (Å²) in [6.45, 7) is 9.98. The van der Waals surface area contributed by atoms with E-state index in [2.05, 4.69) is 17.6 Å². The fourth-order valence-electron chi connectivity index (χ4n) is 4.10. The number of likely N-dealkylation sites (N-methyl/N-ethyl adjacent to an activating group) is 1. The Hall–Kier alpha value is -2.71. The summed E-state index contributed by atoms with van der Waals surface area (Å²) in [5.41, 5.74) is 4.31. The molecule has 7 nitrogen and oxygen atoms in total. The Labute approximate surface area is 205 Å². The lowest BCUT2D eigenvalue weighted by Crippen LogP contribution is -2.43. The molecule has 0 fully saturated rings. The Morgan fingerprint density at radius 1 is 1.24 bits per heavy atom. The number of amides is 2. The third-order valence-electron chi connectivity index (χ3n) is 6.33. The van der Waals surface area contributed by atoms with Gasteiger partial charge in [0, 0.05) is 10.6 Å². The van der Waals surface area contributed by atoms with Crippen molar-refractivity contribution >= 4 is 39.8 Å². The zero-order valence-electron chi connectivity index (χ0n) is 20.9. The van der Waals surface area contributed by atoms with E-state index in [0.717, 1.165) is 46.5 Å². The molecule has 34 heavy (non-hydrogen) atoms. The van der Waals surface area contributed by atoms with Gasteiger partial charge < -0.3 is 15.4 Å². The van der Waals surface area contributed by atoms with Crippen molar-refractivity contribution in [2.75, 3.05) is 30.8 Å². The van der Waals surface area contributed by atoms with Crippen LogP contribution in [0.1, 0.15) is 59.1 Å². The van der Waals surface area contributed by atoms with E-state index < -0.39 is 12.0 Å². The van der Waals surface area contributed by atoms with E-state index in [4.69, 9.17) is 4.74 Å². The van der Waals surface area contributed by atoms with Crippen molar-refractivity contribution in [2.24, 2.45) is 5.92 Å². The summed E-state index contributed by atoms with van der Waals surface area (Å²) in [4.78, 5) is 41.2. The molecule has 2 N–H and O–H groups in total. The van der Waals surface area contributed by atoms with Gasteiger partial charge in [-0.3, -0.25) is 14.5 Å². The van der Waals surface area contributed by atoms with E-state index in [1.54, 1.807) is 25.8 Å². The fraction of sp³-hybridized carbons (Fsp3) is 0.500. The highest BCUT2D eigenvalue weighted by Gasteiger charge is 2.30. The van der Waals surface area contributed by atoms with Crippen molar-refractivity contribution in [1.29, 1.82) is 0 Å². The average molecular weight is 486 g/mol. The summed E-state index contributed by atoms with van der Waals surface area (Å²) in [6, 6.07) is 5.32. The first-order chi connectivity index (χ1) is 16.1. The van der Waals surface area contributed by atoms with E-state index in [0.29, 0.717) is 16.5 Å². The summed E-state index contributed by atoms with van der Waals surface area (Å²) in [5, 5.41) is 6.42. The number of carbonyl (C=O) groups is 3. The molecule has 1 aromatic heterocycles. The molecule has 1 aromatic carbocycles. The SMILES string of the molecule is CCOC(=O)c1c(NC(=O)[C@H](C)N(C)CC(=O)Nc2cc(C)ccc2C)sc2c1CC[C@H](C)C2. The Bertz CT molecular complexity index is 1080. The normalized spacial score (nSPS) is 16.0. The minimum absolute atomic E-state index is 0.0607. The van der Waals surface area contributed by atoms with Gasteiger partial charge in [0.05, 0.1) is 24.8 Å². The van der Waals surface area contributed by atoms with Gasteiger partial charge in [-0.05, 0) is 82.7 Å². The van der Waals surface area contributed by atoms with E-state index in [1.807, 2.05) is 32.0 Å². The highest BCUT2D eigenvalue weighted by Crippen LogP contribution is 2.40. The van der Waals surface area contributed by atoms with Crippen molar-refractivity contribution in [2.45, 2.75) is 59.9 Å². The highest BCUT2D eigenvalue weighted by atomic mass is 32.1. The van der Waals surface area contributed by atoms with Crippen LogP contribution in [0.5, 0.6) is 0 Å². The molecule has 0 unspecified atom stereocenters. The number of hydrogen-bond acceptors (Lipinski definition) is 6. The van der Waals surface area contributed by atoms with Crippen LogP contribution < -0.4 is 10.6 Å². The first-order valence-corrected chi connectivity index (χ1v) is 12.6. The monoisotopic (exact) mass is 485 g/mol. The number of nitrogens with one attached hydrogen (secondary N) is 2. The van der Waals surface area contributed by atoms with Crippen molar-refractivity contribution in [3.63, 3.8) is 0 Å². The van der Waals surface area contributed by atoms with Crippen molar-refractivity contribution < 1.29 is 19.1 Å². The summed E-state index contributed by atoms with van der Waals surface area (Å²) in [6.07, 6.45) is 2.72. The highest BCUT2D eigenvalue weighted by molar-refractivity contribution is 7.17. The van der Waals surface area contributed by atoms with Crippen molar-refractivity contribution in [3.8, 4) is 0 Å². The first-order valence-electron chi connectivity index (χ1n) is 11.8. The summed E-state index contributed by atoms with van der Waals surface area (Å²) in [7, 11) is 1.74. The number of thiophene rings is 1. The second-order valence-electron chi connectivity index (χ2n) is 9.22. The fourth-order valence-corrected chi connectivity index (χ4v) is 5.50. The number of rotatable bonds is 8. The van der Waals surface area contributed by atoms with Crippen LogP contribution in [0, 0.1) is 19.8 Å². The molecule has 2 atom stereocenters. The molecule has 0 radical (unpaired) electrons. The van der Waals surface area contributed by atoms with Gasteiger partial charge >= 0.3 is 5.97 Å². The molecule has 2 aromatic rings. The average Bonchev–Trinajstić information content (AvgIpc) is 3.12. The van der Waals surface area contributed by atoms with Crippen LogP contribution in [-0.2, 0) is 27.2 Å². The number of esters is 1. The summed E-state index contributed by atoms with van der Waals surface area (Å²) < 4.78 is 5.29. The van der Waals surface area contributed by atoms with Gasteiger partial charge in [-0.25, -0.2) is 4.79 Å². The van der Waals surface area contributed by atoms with Crippen LogP contribution in [0.4, 0.5) is 10.7 Å². The molecule has 0 spiro atoms. The smallest absolute Gasteiger partial charge is 0.341 e. The number of fused-ring (bicyclic) bond motifs is 1. The minimum Gasteiger partial charge on any atom is -0.462 e. The Balaban J connectivity index is 1.69. The molecule has 3 rings (SSSR count). The van der Waals surface area contributed by atoms with Gasteiger partial charge in [0.25, 0.3) is 0 Å². The van der Waals surface area contributed by atoms with E-state index >= 15 is 0 Å². The molecule has 0 aliphatic heterocycles. The second-order valence-corrected chi connectivity index (χ2v) is 10.3. The predicted molar refractivity (Wildman–Crippen MR) is 137 cm³/mol. The third-order valence-corrected chi connectivity index (χ3v) is 7.50. The van der Waals surface area contributed by atoms with Gasteiger partial charge in [0.2, 0.25) is 11.8 Å². The second kappa shape index (κ2) is 11.1. The number of aryl methyl sites for hydroxylation is 2. The van der Waals surface area contributed by atoms with Gasteiger partial charge in [-0.2, -0.15) is 0 Å². The molecule has 1 aliphatic carbocycles. The van der Waals surface area contributed by atoms with E-state index in [1.165, 1.54) is 11.3 Å². The third kappa shape index (κ3) is 6.04. The zero-order chi connectivity index (χ0) is 25.0. The molecular weight excluding hydrogens is 450 g/mol. The number of ether oxygens (including phenoxy) is 1. The molecule has 184 valence electrons. The van der Waals surface area contributed by atoms with Gasteiger partial charge in [0.15, 0.2) is 0 Å². The van der Waals surface area contributed by atoms with Crippen molar-refractivity contribution in [1.82, 2.24) is 4.90 Å². The molecule has 2 amide bonds. The maximum atomic E-state index is 13.1. The van der Waals surface area contributed by atoms with Crippen LogP contribution in [-0.4, -0.2) is 48.9 Å². The predicted octanol–water partition coefficient (Wildman–Crippen LogP) is 4.56. The standard InChI is InChI=1S/C26H35N3O4S/c1-7-33-26(32)23-19-11-9-16(3)13-21(19)34-25(23)28-24(31)18(5)29(6)14-22(30)27-20-12-15(2)8-10-17(20)4/h8,10,12,16,18H,7,9,11,13-14H2,1-6H3,(H,27,30)(H,28,31)/t16-,18-/m0/s1. The van der Waals surface area contributed by atoms with Gasteiger partial charge in [-0.1, -0.05) is 19.1 Å². The Kier molecular flexibility index (Phi) is 8.49. The molecule has 1 aliphatic rings. The zero-order valence-corrected chi connectivity index (χ0v) is 21.7.